The highest BCUT2D eigenvalue weighted by atomic mass is 16.5. The van der Waals surface area contributed by atoms with Gasteiger partial charge in [-0.1, -0.05) is 0 Å². The van der Waals surface area contributed by atoms with Gasteiger partial charge in [0.1, 0.15) is 5.82 Å². The van der Waals surface area contributed by atoms with Crippen LogP contribution in [0.15, 0.2) is 12.3 Å². The topological polar surface area (TPSA) is 86.4 Å². The zero-order valence-corrected chi connectivity index (χ0v) is 9.96. The fourth-order valence-corrected chi connectivity index (χ4v) is 1.94. The number of aromatic nitrogens is 1. The summed E-state index contributed by atoms with van der Waals surface area (Å²) in [5, 5.41) is 17.7. The fourth-order valence-electron chi connectivity index (χ4n) is 1.94. The summed E-state index contributed by atoms with van der Waals surface area (Å²) in [6.07, 6.45) is 0.876. The molecule has 18 heavy (non-hydrogen) atoms. The van der Waals surface area contributed by atoms with Gasteiger partial charge < -0.3 is 14.7 Å². The van der Waals surface area contributed by atoms with Crippen LogP contribution in [0, 0.1) is 18.3 Å². The van der Waals surface area contributed by atoms with Crippen molar-refractivity contribution >= 4 is 11.8 Å². The Kier molecular flexibility index (Phi) is 3.44. The minimum atomic E-state index is -0.992. The maximum Gasteiger partial charge on any atom is 0.337 e. The van der Waals surface area contributed by atoms with Gasteiger partial charge in [-0.15, -0.1) is 0 Å². The normalized spacial score (nSPS) is 19.3. The highest BCUT2D eigenvalue weighted by Crippen LogP contribution is 2.20. The van der Waals surface area contributed by atoms with E-state index in [4.69, 9.17) is 15.1 Å². The van der Waals surface area contributed by atoms with Gasteiger partial charge in [-0.2, -0.15) is 5.26 Å². The first-order valence-electron chi connectivity index (χ1n) is 5.58. The quantitative estimate of drug-likeness (QED) is 0.832. The minimum Gasteiger partial charge on any atom is -0.478 e. The van der Waals surface area contributed by atoms with Gasteiger partial charge in [0.25, 0.3) is 0 Å². The molecule has 94 valence electrons. The number of morpholine rings is 1. The number of anilines is 1. The van der Waals surface area contributed by atoms with Crippen LogP contribution >= 0.6 is 0 Å². The second-order valence-electron chi connectivity index (χ2n) is 4.10. The van der Waals surface area contributed by atoms with Crippen molar-refractivity contribution in [2.45, 2.75) is 13.0 Å². The Hall–Kier alpha value is -2.13. The highest BCUT2D eigenvalue weighted by Gasteiger charge is 2.22. The van der Waals surface area contributed by atoms with Crippen molar-refractivity contribution in [3.8, 4) is 6.07 Å². The lowest BCUT2D eigenvalue weighted by atomic mass is 10.2. The number of carbonyl (C=O) groups is 1. The fraction of sp³-hybridized carbons (Fsp3) is 0.417. The van der Waals surface area contributed by atoms with E-state index in [0.717, 1.165) is 5.56 Å². The first-order chi connectivity index (χ1) is 8.61. The Morgan fingerprint density at radius 3 is 3.11 bits per heavy atom. The molecule has 0 aliphatic carbocycles. The molecule has 1 unspecified atom stereocenters. The number of nitrogens with zero attached hydrogens (tertiary/aromatic N) is 3. The summed E-state index contributed by atoms with van der Waals surface area (Å²) in [7, 11) is 0. The lowest BCUT2D eigenvalue weighted by molar-refractivity contribution is 0.0695. The summed E-state index contributed by atoms with van der Waals surface area (Å²) < 4.78 is 5.26. The van der Waals surface area contributed by atoms with Crippen LogP contribution < -0.4 is 4.90 Å². The van der Waals surface area contributed by atoms with E-state index in [1.165, 1.54) is 6.20 Å². The number of rotatable bonds is 2. The molecule has 1 aromatic rings. The summed E-state index contributed by atoms with van der Waals surface area (Å²) in [4.78, 5) is 16.9. The van der Waals surface area contributed by atoms with E-state index in [1.54, 1.807) is 6.07 Å². The van der Waals surface area contributed by atoms with E-state index >= 15 is 0 Å². The van der Waals surface area contributed by atoms with Gasteiger partial charge in [0.15, 0.2) is 6.10 Å². The molecule has 0 bridgehead atoms. The lowest BCUT2D eigenvalue weighted by Gasteiger charge is -2.31. The van der Waals surface area contributed by atoms with Gasteiger partial charge in [-0.05, 0) is 18.6 Å². The van der Waals surface area contributed by atoms with Crippen LogP contribution in [0.3, 0.4) is 0 Å². The second-order valence-corrected chi connectivity index (χ2v) is 4.10. The second kappa shape index (κ2) is 5.02. The molecule has 2 rings (SSSR count). The molecule has 6 nitrogen and oxygen atoms in total. The van der Waals surface area contributed by atoms with E-state index in [-0.39, 0.29) is 5.56 Å². The predicted octanol–water partition coefficient (Wildman–Crippen LogP) is 0.817. The Morgan fingerprint density at radius 1 is 1.72 bits per heavy atom. The average Bonchev–Trinajstić information content (AvgIpc) is 2.38. The van der Waals surface area contributed by atoms with Gasteiger partial charge in [0.2, 0.25) is 0 Å². The van der Waals surface area contributed by atoms with Crippen LogP contribution in [0.1, 0.15) is 15.9 Å². The molecular weight excluding hydrogens is 234 g/mol. The molecule has 0 aromatic carbocycles. The number of carboxylic acid groups (broad SMARTS) is 1. The molecule has 2 heterocycles. The molecule has 1 N–H and O–H groups in total. The van der Waals surface area contributed by atoms with Gasteiger partial charge in [-0.3, -0.25) is 0 Å². The maximum atomic E-state index is 10.8. The molecule has 0 radical (unpaired) electrons. The first kappa shape index (κ1) is 12.3. The van der Waals surface area contributed by atoms with Crippen molar-refractivity contribution in [1.29, 1.82) is 5.26 Å². The SMILES string of the molecule is Cc1cc(C(=O)O)cnc1N1CCOC(C#N)C1. The van der Waals surface area contributed by atoms with E-state index in [1.807, 2.05) is 11.8 Å². The summed E-state index contributed by atoms with van der Waals surface area (Å²) in [6.45, 7) is 3.39. The molecule has 0 amide bonds. The molecule has 1 fully saturated rings. The number of hydrogen-bond acceptors (Lipinski definition) is 5. The molecule has 1 aliphatic heterocycles. The van der Waals surface area contributed by atoms with Crippen LogP contribution in [-0.2, 0) is 4.74 Å². The van der Waals surface area contributed by atoms with Crippen LogP contribution in [0.25, 0.3) is 0 Å². The van der Waals surface area contributed by atoms with Crippen molar-refractivity contribution in [1.82, 2.24) is 4.98 Å². The molecular formula is C12H13N3O3. The zero-order valence-electron chi connectivity index (χ0n) is 9.96. The number of hydrogen-bond donors (Lipinski definition) is 1. The standard InChI is InChI=1S/C12H13N3O3/c1-8-4-9(12(16)17)6-14-11(8)15-2-3-18-10(5-13)7-15/h4,6,10H,2-3,7H2,1H3,(H,16,17). The van der Waals surface area contributed by atoms with Crippen molar-refractivity contribution in [3.63, 3.8) is 0 Å². The number of ether oxygens (including phenoxy) is 1. The summed E-state index contributed by atoms with van der Waals surface area (Å²) in [5.41, 5.74) is 0.954. The summed E-state index contributed by atoms with van der Waals surface area (Å²) >= 11 is 0. The summed E-state index contributed by atoms with van der Waals surface area (Å²) in [5.74, 6) is -0.280. The van der Waals surface area contributed by atoms with Crippen molar-refractivity contribution in [2.24, 2.45) is 0 Å². The van der Waals surface area contributed by atoms with Crippen molar-refractivity contribution in [2.75, 3.05) is 24.6 Å². The van der Waals surface area contributed by atoms with Crippen molar-refractivity contribution < 1.29 is 14.6 Å². The van der Waals surface area contributed by atoms with Crippen LogP contribution in [0.2, 0.25) is 0 Å². The smallest absolute Gasteiger partial charge is 0.337 e. The molecule has 0 spiro atoms. The monoisotopic (exact) mass is 247 g/mol. The molecule has 1 aromatic heterocycles. The van der Waals surface area contributed by atoms with E-state index in [2.05, 4.69) is 11.1 Å². The maximum absolute atomic E-state index is 10.8. The largest absolute Gasteiger partial charge is 0.478 e. The molecule has 1 atom stereocenters. The number of pyridine rings is 1. The van der Waals surface area contributed by atoms with Crippen molar-refractivity contribution in [3.05, 3.63) is 23.4 Å². The molecule has 1 saturated heterocycles. The summed E-state index contributed by atoms with van der Waals surface area (Å²) in [6, 6.07) is 3.65. The van der Waals surface area contributed by atoms with E-state index in [9.17, 15) is 4.79 Å². The lowest BCUT2D eigenvalue weighted by Crippen LogP contribution is -2.42. The number of nitriles is 1. The Morgan fingerprint density at radius 2 is 2.50 bits per heavy atom. The Labute approximate surface area is 104 Å². The first-order valence-corrected chi connectivity index (χ1v) is 5.58. The third-order valence-corrected chi connectivity index (χ3v) is 2.81. The van der Waals surface area contributed by atoms with E-state index in [0.29, 0.717) is 25.5 Å². The van der Waals surface area contributed by atoms with Crippen LogP contribution in [-0.4, -0.2) is 41.9 Å². The molecule has 1 aliphatic rings. The third kappa shape index (κ3) is 2.41. The molecule has 6 heteroatoms. The van der Waals surface area contributed by atoms with E-state index < -0.39 is 12.1 Å². The van der Waals surface area contributed by atoms with Gasteiger partial charge in [0, 0.05) is 12.7 Å². The highest BCUT2D eigenvalue weighted by molar-refractivity contribution is 5.87. The predicted molar refractivity (Wildman–Crippen MR) is 63.5 cm³/mol. The number of aryl methyl sites for hydroxylation is 1. The van der Waals surface area contributed by atoms with Gasteiger partial charge >= 0.3 is 5.97 Å². The average molecular weight is 247 g/mol. The third-order valence-electron chi connectivity index (χ3n) is 2.81. The number of aromatic carboxylic acids is 1. The van der Waals surface area contributed by atoms with Gasteiger partial charge in [0.05, 0.1) is 24.8 Å². The molecule has 0 saturated carbocycles. The van der Waals surface area contributed by atoms with Crippen LogP contribution in [0.4, 0.5) is 5.82 Å². The Bertz CT molecular complexity index is 510. The minimum absolute atomic E-state index is 0.168. The zero-order chi connectivity index (χ0) is 13.1. The Balaban J connectivity index is 2.23. The van der Waals surface area contributed by atoms with Gasteiger partial charge in [-0.25, -0.2) is 9.78 Å². The van der Waals surface area contributed by atoms with Crippen LogP contribution in [0.5, 0.6) is 0 Å². The number of carboxylic acids is 1.